The number of carbonyl (C=O) groups excluding carboxylic acids is 1. The Labute approximate surface area is 164 Å². The van der Waals surface area contributed by atoms with Crippen LogP contribution in [0.5, 0.6) is 0 Å². The van der Waals surface area contributed by atoms with Crippen LogP contribution in [-0.4, -0.2) is 20.0 Å². The van der Waals surface area contributed by atoms with E-state index in [2.05, 4.69) is 5.32 Å². The van der Waals surface area contributed by atoms with E-state index in [1.165, 1.54) is 6.08 Å². The van der Waals surface area contributed by atoms with Gasteiger partial charge in [0.2, 0.25) is 5.91 Å². The third-order valence-corrected chi connectivity index (χ3v) is 4.54. The van der Waals surface area contributed by atoms with Gasteiger partial charge in [0.25, 0.3) is 0 Å². The van der Waals surface area contributed by atoms with Crippen LogP contribution in [0.4, 0.5) is 11.4 Å². The number of carbonyl (C=O) groups is 1. The minimum absolute atomic E-state index is 0.219. The summed E-state index contributed by atoms with van der Waals surface area (Å²) in [7, 11) is 3.94. The molecule has 0 fully saturated rings. The van der Waals surface area contributed by atoms with Gasteiger partial charge in [-0.05, 0) is 61.0 Å². The number of benzene rings is 2. The predicted octanol–water partition coefficient (Wildman–Crippen LogP) is 5.63. The Kier molecular flexibility index (Phi) is 5.67. The first kappa shape index (κ1) is 18.8. The molecular weight excluding hydrogens is 360 g/mol. The Morgan fingerprint density at radius 3 is 2.48 bits per heavy atom. The molecule has 1 N–H and O–H groups in total. The smallest absolute Gasteiger partial charge is 0.248 e. The first-order valence-corrected chi connectivity index (χ1v) is 8.93. The number of furan rings is 1. The van der Waals surface area contributed by atoms with Gasteiger partial charge in [0, 0.05) is 42.1 Å². The lowest BCUT2D eigenvalue weighted by molar-refractivity contribution is -0.111. The standard InChI is InChI=1S/C22H21ClN2O2/c1-15-4-5-16(14-20(15)23)21-12-10-19(27-21)11-13-22(26)24-17-6-8-18(9-7-17)25(2)3/h4-14H,1-3H3,(H,24,26)/b13-11+. The summed E-state index contributed by atoms with van der Waals surface area (Å²) in [5.41, 5.74) is 3.73. The highest BCUT2D eigenvalue weighted by atomic mass is 35.5. The molecule has 3 rings (SSSR count). The van der Waals surface area contributed by atoms with E-state index in [4.69, 9.17) is 16.0 Å². The zero-order valence-corrected chi connectivity index (χ0v) is 16.2. The van der Waals surface area contributed by atoms with Crippen LogP contribution in [0.1, 0.15) is 11.3 Å². The van der Waals surface area contributed by atoms with E-state index in [0.29, 0.717) is 16.5 Å². The number of aryl methyl sites for hydroxylation is 1. The summed E-state index contributed by atoms with van der Waals surface area (Å²) in [6.07, 6.45) is 3.09. The molecule has 2 aromatic carbocycles. The zero-order chi connectivity index (χ0) is 19.4. The van der Waals surface area contributed by atoms with Crippen LogP contribution in [0.2, 0.25) is 5.02 Å². The van der Waals surface area contributed by atoms with E-state index >= 15 is 0 Å². The number of amides is 1. The number of halogens is 1. The first-order valence-electron chi connectivity index (χ1n) is 8.55. The van der Waals surface area contributed by atoms with E-state index in [1.807, 2.05) is 80.5 Å². The minimum atomic E-state index is -0.219. The normalized spacial score (nSPS) is 11.0. The number of rotatable bonds is 5. The van der Waals surface area contributed by atoms with Crippen molar-refractivity contribution in [2.75, 3.05) is 24.3 Å². The topological polar surface area (TPSA) is 45.5 Å². The van der Waals surface area contributed by atoms with Gasteiger partial charge in [-0.3, -0.25) is 4.79 Å². The van der Waals surface area contributed by atoms with Crippen molar-refractivity contribution < 1.29 is 9.21 Å². The maximum atomic E-state index is 12.1. The predicted molar refractivity (Wildman–Crippen MR) is 112 cm³/mol. The van der Waals surface area contributed by atoms with E-state index in [1.54, 1.807) is 6.08 Å². The molecule has 27 heavy (non-hydrogen) atoms. The van der Waals surface area contributed by atoms with Crippen LogP contribution >= 0.6 is 11.6 Å². The first-order chi connectivity index (χ1) is 12.9. The van der Waals surface area contributed by atoms with Crippen molar-refractivity contribution in [3.8, 4) is 11.3 Å². The second-order valence-corrected chi connectivity index (χ2v) is 6.84. The summed E-state index contributed by atoms with van der Waals surface area (Å²) < 4.78 is 5.78. The summed E-state index contributed by atoms with van der Waals surface area (Å²) >= 11 is 6.17. The lowest BCUT2D eigenvalue weighted by Gasteiger charge is -2.12. The molecule has 0 aliphatic rings. The highest BCUT2D eigenvalue weighted by Gasteiger charge is 2.06. The molecule has 0 bridgehead atoms. The van der Waals surface area contributed by atoms with Crippen LogP contribution in [0, 0.1) is 6.92 Å². The molecule has 1 heterocycles. The lowest BCUT2D eigenvalue weighted by atomic mass is 10.1. The van der Waals surface area contributed by atoms with Crippen molar-refractivity contribution in [1.29, 1.82) is 0 Å². The van der Waals surface area contributed by atoms with Gasteiger partial charge in [0.1, 0.15) is 11.5 Å². The molecule has 0 unspecified atom stereocenters. The second-order valence-electron chi connectivity index (χ2n) is 6.43. The Bertz CT molecular complexity index is 972. The van der Waals surface area contributed by atoms with Gasteiger partial charge in [0.05, 0.1) is 0 Å². The maximum Gasteiger partial charge on any atom is 0.248 e. The van der Waals surface area contributed by atoms with E-state index in [-0.39, 0.29) is 5.91 Å². The summed E-state index contributed by atoms with van der Waals surface area (Å²) in [4.78, 5) is 14.1. The number of nitrogens with one attached hydrogen (secondary N) is 1. The van der Waals surface area contributed by atoms with Crippen LogP contribution < -0.4 is 10.2 Å². The summed E-state index contributed by atoms with van der Waals surface area (Å²) in [6, 6.07) is 17.1. The van der Waals surface area contributed by atoms with Gasteiger partial charge in [-0.25, -0.2) is 0 Å². The fourth-order valence-corrected chi connectivity index (χ4v) is 2.71. The average Bonchev–Trinajstić information content (AvgIpc) is 3.12. The minimum Gasteiger partial charge on any atom is -0.457 e. The SMILES string of the molecule is Cc1ccc(-c2ccc(/C=C/C(=O)Nc3ccc(N(C)C)cc3)o2)cc1Cl. The molecule has 0 aliphatic carbocycles. The summed E-state index contributed by atoms with van der Waals surface area (Å²) in [6.45, 7) is 1.95. The molecular formula is C22H21ClN2O2. The molecule has 0 atom stereocenters. The van der Waals surface area contributed by atoms with Gasteiger partial charge in [0.15, 0.2) is 0 Å². The lowest BCUT2D eigenvalue weighted by Crippen LogP contribution is -2.10. The molecule has 0 radical (unpaired) electrons. The van der Waals surface area contributed by atoms with E-state index in [9.17, 15) is 4.79 Å². The van der Waals surface area contributed by atoms with Crippen LogP contribution in [0.15, 0.2) is 65.1 Å². The average molecular weight is 381 g/mol. The summed E-state index contributed by atoms with van der Waals surface area (Å²) in [5.74, 6) is 1.08. The van der Waals surface area contributed by atoms with Crippen molar-refractivity contribution in [3.63, 3.8) is 0 Å². The number of hydrogen-bond donors (Lipinski definition) is 1. The van der Waals surface area contributed by atoms with Crippen molar-refractivity contribution in [3.05, 3.63) is 77.0 Å². The molecule has 1 aromatic heterocycles. The summed E-state index contributed by atoms with van der Waals surface area (Å²) in [5, 5.41) is 3.52. The van der Waals surface area contributed by atoms with Crippen molar-refractivity contribution >= 4 is 35.0 Å². The van der Waals surface area contributed by atoms with Gasteiger partial charge >= 0.3 is 0 Å². The van der Waals surface area contributed by atoms with Crippen molar-refractivity contribution in [1.82, 2.24) is 0 Å². The van der Waals surface area contributed by atoms with Crippen LogP contribution in [-0.2, 0) is 4.79 Å². The molecule has 1 amide bonds. The van der Waals surface area contributed by atoms with E-state index in [0.717, 1.165) is 22.5 Å². The monoisotopic (exact) mass is 380 g/mol. The molecule has 3 aromatic rings. The molecule has 0 saturated carbocycles. The quantitative estimate of drug-likeness (QED) is 0.584. The highest BCUT2D eigenvalue weighted by Crippen LogP contribution is 2.27. The van der Waals surface area contributed by atoms with Crippen LogP contribution in [0.3, 0.4) is 0 Å². The highest BCUT2D eigenvalue weighted by molar-refractivity contribution is 6.31. The second kappa shape index (κ2) is 8.14. The number of nitrogens with zero attached hydrogens (tertiary/aromatic N) is 1. The Morgan fingerprint density at radius 2 is 1.81 bits per heavy atom. The molecule has 138 valence electrons. The largest absolute Gasteiger partial charge is 0.457 e. The Morgan fingerprint density at radius 1 is 1.07 bits per heavy atom. The van der Waals surface area contributed by atoms with Crippen molar-refractivity contribution in [2.45, 2.75) is 6.92 Å². The fraction of sp³-hybridized carbons (Fsp3) is 0.136. The maximum absolute atomic E-state index is 12.1. The molecule has 5 heteroatoms. The van der Waals surface area contributed by atoms with Gasteiger partial charge in [-0.2, -0.15) is 0 Å². The Balaban J connectivity index is 1.64. The van der Waals surface area contributed by atoms with Gasteiger partial charge < -0.3 is 14.6 Å². The molecule has 0 saturated heterocycles. The fourth-order valence-electron chi connectivity index (χ4n) is 2.53. The number of hydrogen-bond acceptors (Lipinski definition) is 3. The third kappa shape index (κ3) is 4.80. The van der Waals surface area contributed by atoms with Gasteiger partial charge in [-0.15, -0.1) is 0 Å². The zero-order valence-electron chi connectivity index (χ0n) is 15.5. The molecule has 4 nitrogen and oxygen atoms in total. The van der Waals surface area contributed by atoms with Gasteiger partial charge in [-0.1, -0.05) is 23.7 Å². The van der Waals surface area contributed by atoms with Crippen LogP contribution in [0.25, 0.3) is 17.4 Å². The van der Waals surface area contributed by atoms with E-state index < -0.39 is 0 Å². The molecule has 0 aliphatic heterocycles. The molecule has 0 spiro atoms. The van der Waals surface area contributed by atoms with Crippen molar-refractivity contribution in [2.24, 2.45) is 0 Å². The Hall–Kier alpha value is -2.98. The third-order valence-electron chi connectivity index (χ3n) is 4.13. The number of anilines is 2.